The van der Waals surface area contributed by atoms with Crippen molar-refractivity contribution < 1.29 is 4.74 Å². The van der Waals surface area contributed by atoms with E-state index in [2.05, 4.69) is 9.97 Å². The highest BCUT2D eigenvalue weighted by Gasteiger charge is 2.24. The number of rotatable bonds is 0. The van der Waals surface area contributed by atoms with Gasteiger partial charge in [0.15, 0.2) is 0 Å². The zero-order valence-electron chi connectivity index (χ0n) is 6.34. The third kappa shape index (κ3) is 1.18. The van der Waals surface area contributed by atoms with Gasteiger partial charge in [-0.3, -0.25) is 0 Å². The Kier molecular flexibility index (Phi) is 1.94. The molecule has 0 fully saturated rings. The molecule has 0 radical (unpaired) electrons. The second kappa shape index (κ2) is 2.83. The molecule has 0 amide bonds. The highest BCUT2D eigenvalue weighted by Crippen LogP contribution is 2.32. The highest BCUT2D eigenvalue weighted by atomic mass is 35.5. The van der Waals surface area contributed by atoms with Crippen LogP contribution in [0.4, 0.5) is 0 Å². The molecule has 64 valence electrons. The maximum atomic E-state index is 5.82. The van der Waals surface area contributed by atoms with Gasteiger partial charge >= 0.3 is 0 Å². The van der Waals surface area contributed by atoms with Crippen molar-refractivity contribution in [3.05, 3.63) is 21.7 Å². The van der Waals surface area contributed by atoms with Crippen molar-refractivity contribution >= 4 is 23.2 Å². The van der Waals surface area contributed by atoms with E-state index in [-0.39, 0.29) is 11.4 Å². The van der Waals surface area contributed by atoms with Crippen LogP contribution in [0.5, 0.6) is 0 Å². The van der Waals surface area contributed by atoms with E-state index >= 15 is 0 Å². The number of nitrogens with zero attached hydrogens (tertiary/aromatic N) is 2. The van der Waals surface area contributed by atoms with Crippen molar-refractivity contribution in [3.8, 4) is 0 Å². The SMILES string of the molecule is CC1OCc2c(Cl)nc(Cl)nc21. The summed E-state index contributed by atoms with van der Waals surface area (Å²) in [6.45, 7) is 2.39. The smallest absolute Gasteiger partial charge is 0.224 e. The van der Waals surface area contributed by atoms with Crippen LogP contribution in [-0.4, -0.2) is 9.97 Å². The summed E-state index contributed by atoms with van der Waals surface area (Å²) < 4.78 is 5.31. The topological polar surface area (TPSA) is 35.0 Å². The molecule has 2 rings (SSSR count). The molecule has 0 saturated heterocycles. The summed E-state index contributed by atoms with van der Waals surface area (Å²) in [5.41, 5.74) is 1.66. The molecular weight excluding hydrogens is 199 g/mol. The van der Waals surface area contributed by atoms with Crippen LogP contribution < -0.4 is 0 Å². The molecule has 1 aromatic rings. The minimum absolute atomic E-state index is 0.0296. The second-order valence-corrected chi connectivity index (χ2v) is 3.30. The summed E-state index contributed by atoms with van der Waals surface area (Å²) in [5, 5.41) is 0.574. The van der Waals surface area contributed by atoms with E-state index < -0.39 is 0 Å². The van der Waals surface area contributed by atoms with Crippen molar-refractivity contribution in [3.63, 3.8) is 0 Å². The van der Waals surface area contributed by atoms with Gasteiger partial charge in [-0.05, 0) is 18.5 Å². The molecule has 0 aromatic carbocycles. The van der Waals surface area contributed by atoms with Crippen LogP contribution >= 0.6 is 23.2 Å². The van der Waals surface area contributed by atoms with Gasteiger partial charge in [-0.2, -0.15) is 0 Å². The molecule has 0 saturated carbocycles. The predicted octanol–water partition coefficient (Wildman–Crippen LogP) is 2.37. The Bertz CT molecular complexity index is 329. The predicted molar refractivity (Wildman–Crippen MR) is 45.3 cm³/mol. The number of fused-ring (bicyclic) bond motifs is 1. The molecule has 0 bridgehead atoms. The minimum Gasteiger partial charge on any atom is -0.367 e. The van der Waals surface area contributed by atoms with Crippen molar-refractivity contribution in [2.45, 2.75) is 19.6 Å². The van der Waals surface area contributed by atoms with Gasteiger partial charge in [0.05, 0.1) is 18.4 Å². The first kappa shape index (κ1) is 8.23. The summed E-state index contributed by atoms with van der Waals surface area (Å²) in [7, 11) is 0. The third-order valence-electron chi connectivity index (χ3n) is 1.82. The van der Waals surface area contributed by atoms with Gasteiger partial charge < -0.3 is 4.74 Å². The first-order valence-corrected chi connectivity index (χ1v) is 4.27. The van der Waals surface area contributed by atoms with Gasteiger partial charge in [-0.15, -0.1) is 0 Å². The molecule has 3 nitrogen and oxygen atoms in total. The van der Waals surface area contributed by atoms with Crippen molar-refractivity contribution in [2.24, 2.45) is 0 Å². The lowest BCUT2D eigenvalue weighted by Crippen LogP contribution is -1.96. The van der Waals surface area contributed by atoms with Gasteiger partial charge in [0.25, 0.3) is 0 Å². The quantitative estimate of drug-likeness (QED) is 0.481. The van der Waals surface area contributed by atoms with E-state index in [4.69, 9.17) is 27.9 Å². The van der Waals surface area contributed by atoms with Crippen LogP contribution in [0.2, 0.25) is 10.4 Å². The molecule has 5 heteroatoms. The maximum absolute atomic E-state index is 5.82. The lowest BCUT2D eigenvalue weighted by Gasteiger charge is -2.01. The Labute approximate surface area is 79.7 Å². The Hall–Kier alpha value is -0.380. The standard InChI is InChI=1S/C7H6Cl2N2O/c1-3-5-4(2-12-3)6(8)11-7(9)10-5/h3H,2H2,1H3. The van der Waals surface area contributed by atoms with Gasteiger partial charge in [-0.1, -0.05) is 11.6 Å². The molecule has 12 heavy (non-hydrogen) atoms. The first-order valence-electron chi connectivity index (χ1n) is 3.52. The van der Waals surface area contributed by atoms with Crippen LogP contribution in [0.15, 0.2) is 0 Å². The zero-order chi connectivity index (χ0) is 8.72. The minimum atomic E-state index is -0.0296. The van der Waals surface area contributed by atoms with Crippen molar-refractivity contribution in [1.29, 1.82) is 0 Å². The Balaban J connectivity index is 2.60. The van der Waals surface area contributed by atoms with Crippen LogP contribution in [0.25, 0.3) is 0 Å². The van der Waals surface area contributed by atoms with Gasteiger partial charge in [0, 0.05) is 5.56 Å². The van der Waals surface area contributed by atoms with Crippen LogP contribution in [0.1, 0.15) is 24.3 Å². The fourth-order valence-corrected chi connectivity index (χ4v) is 1.65. The second-order valence-electron chi connectivity index (χ2n) is 2.60. The summed E-state index contributed by atoms with van der Waals surface area (Å²) >= 11 is 11.5. The van der Waals surface area contributed by atoms with Crippen LogP contribution in [0, 0.1) is 0 Å². The number of ether oxygens (including phenoxy) is 1. The normalized spacial score (nSPS) is 21.1. The van der Waals surface area contributed by atoms with E-state index in [9.17, 15) is 0 Å². The average Bonchev–Trinajstić information content (AvgIpc) is 2.33. The van der Waals surface area contributed by atoms with E-state index in [0.717, 1.165) is 11.3 Å². The monoisotopic (exact) mass is 204 g/mol. The summed E-state index contributed by atoms with van der Waals surface area (Å²) in [6.07, 6.45) is -0.0296. The number of hydrogen-bond acceptors (Lipinski definition) is 3. The molecule has 1 aliphatic heterocycles. The average molecular weight is 205 g/mol. The molecule has 1 atom stereocenters. The molecule has 0 aliphatic carbocycles. The van der Waals surface area contributed by atoms with Crippen molar-refractivity contribution in [1.82, 2.24) is 9.97 Å². The Morgan fingerprint density at radius 2 is 2.17 bits per heavy atom. The van der Waals surface area contributed by atoms with Gasteiger partial charge in [0.2, 0.25) is 5.28 Å². The number of halogens is 2. The Morgan fingerprint density at radius 3 is 2.92 bits per heavy atom. The fourth-order valence-electron chi connectivity index (χ4n) is 1.20. The van der Waals surface area contributed by atoms with E-state index in [0.29, 0.717) is 11.8 Å². The summed E-state index contributed by atoms with van der Waals surface area (Å²) in [6, 6.07) is 0. The molecule has 1 aromatic heterocycles. The molecule has 1 aliphatic rings. The Morgan fingerprint density at radius 1 is 1.42 bits per heavy atom. The molecule has 2 heterocycles. The lowest BCUT2D eigenvalue weighted by atomic mass is 10.2. The van der Waals surface area contributed by atoms with E-state index in [1.165, 1.54) is 0 Å². The lowest BCUT2D eigenvalue weighted by molar-refractivity contribution is 0.0779. The van der Waals surface area contributed by atoms with Crippen molar-refractivity contribution in [2.75, 3.05) is 0 Å². The highest BCUT2D eigenvalue weighted by molar-refractivity contribution is 6.32. The van der Waals surface area contributed by atoms with E-state index in [1.54, 1.807) is 0 Å². The fraction of sp³-hybridized carbons (Fsp3) is 0.429. The number of aromatic nitrogens is 2. The number of hydrogen-bond donors (Lipinski definition) is 0. The maximum Gasteiger partial charge on any atom is 0.224 e. The van der Waals surface area contributed by atoms with E-state index in [1.807, 2.05) is 6.92 Å². The largest absolute Gasteiger partial charge is 0.367 e. The summed E-state index contributed by atoms with van der Waals surface area (Å²) in [4.78, 5) is 7.86. The molecular formula is C7H6Cl2N2O. The molecule has 1 unspecified atom stereocenters. The van der Waals surface area contributed by atoms with Gasteiger partial charge in [0.1, 0.15) is 5.15 Å². The molecule has 0 N–H and O–H groups in total. The summed E-state index contributed by atoms with van der Waals surface area (Å²) in [5.74, 6) is 0. The van der Waals surface area contributed by atoms with Gasteiger partial charge in [-0.25, -0.2) is 9.97 Å². The first-order chi connectivity index (χ1) is 5.68. The molecule has 0 spiro atoms. The zero-order valence-corrected chi connectivity index (χ0v) is 7.85. The third-order valence-corrected chi connectivity index (χ3v) is 2.31. The van der Waals surface area contributed by atoms with Crippen LogP contribution in [0.3, 0.4) is 0 Å². The van der Waals surface area contributed by atoms with Crippen LogP contribution in [-0.2, 0) is 11.3 Å².